The number of aliphatic carboxylic acids is 1. The van der Waals surface area contributed by atoms with Gasteiger partial charge in [0.15, 0.2) is 11.6 Å². The average molecular weight is 328 g/mol. The van der Waals surface area contributed by atoms with Crippen molar-refractivity contribution < 1.29 is 19.5 Å². The van der Waals surface area contributed by atoms with Crippen LogP contribution in [0, 0.1) is 6.92 Å². The number of aryl methyl sites for hydroxylation is 2. The largest absolute Gasteiger partial charge is 0.481 e. The van der Waals surface area contributed by atoms with E-state index in [-0.39, 0.29) is 24.4 Å². The highest BCUT2D eigenvalue weighted by atomic mass is 32.1. The molecule has 1 aliphatic carbocycles. The fourth-order valence-electron chi connectivity index (χ4n) is 2.92. The Kier molecular flexibility index (Phi) is 4.13. The second-order valence-electron chi connectivity index (χ2n) is 5.69. The molecule has 0 aliphatic heterocycles. The normalized spacial score (nSPS) is 13.2. The third-order valence-corrected chi connectivity index (χ3v) is 5.39. The first-order valence-corrected chi connectivity index (χ1v) is 8.30. The van der Waals surface area contributed by atoms with E-state index in [9.17, 15) is 14.4 Å². The minimum Gasteiger partial charge on any atom is -0.481 e. The van der Waals surface area contributed by atoms with Gasteiger partial charge in [-0.15, -0.1) is 11.3 Å². The van der Waals surface area contributed by atoms with Gasteiger partial charge in [0.25, 0.3) is 0 Å². The number of hydrogen-bond acceptors (Lipinski definition) is 4. The highest BCUT2D eigenvalue weighted by molar-refractivity contribution is 7.14. The number of carbonyl (C=O) groups excluding carboxylic acids is 2. The van der Waals surface area contributed by atoms with Crippen LogP contribution >= 0.6 is 11.3 Å². The van der Waals surface area contributed by atoms with Crippen LogP contribution in [0.15, 0.2) is 24.3 Å². The number of fused-ring (bicyclic) bond motifs is 2. The number of benzene rings is 1. The summed E-state index contributed by atoms with van der Waals surface area (Å²) in [4.78, 5) is 36.9. The van der Waals surface area contributed by atoms with Gasteiger partial charge in [-0.1, -0.05) is 18.2 Å². The summed E-state index contributed by atoms with van der Waals surface area (Å²) in [7, 11) is 0. The van der Waals surface area contributed by atoms with Crippen molar-refractivity contribution in [1.82, 2.24) is 0 Å². The number of carbonyl (C=O) groups is 3. The Labute approximate surface area is 137 Å². The molecule has 0 radical (unpaired) electrons. The first-order valence-electron chi connectivity index (χ1n) is 7.48. The van der Waals surface area contributed by atoms with Gasteiger partial charge < -0.3 is 5.11 Å². The van der Waals surface area contributed by atoms with Crippen LogP contribution in [-0.4, -0.2) is 22.6 Å². The molecular weight excluding hydrogens is 312 g/mol. The van der Waals surface area contributed by atoms with E-state index in [2.05, 4.69) is 0 Å². The van der Waals surface area contributed by atoms with Crippen LogP contribution in [0.5, 0.6) is 0 Å². The zero-order valence-electron chi connectivity index (χ0n) is 12.7. The van der Waals surface area contributed by atoms with E-state index in [1.54, 1.807) is 6.07 Å². The van der Waals surface area contributed by atoms with Gasteiger partial charge in [-0.2, -0.15) is 0 Å². The molecule has 1 aromatic heterocycles. The van der Waals surface area contributed by atoms with Gasteiger partial charge in [0.1, 0.15) is 0 Å². The SMILES string of the molecule is Cc1cccc2c1CCc1sc(C(=O)CCC(=O)O)cc1C2=O. The molecular formula is C18H16O4S. The molecule has 0 unspecified atom stereocenters. The second-order valence-corrected chi connectivity index (χ2v) is 6.83. The van der Waals surface area contributed by atoms with E-state index < -0.39 is 5.97 Å². The van der Waals surface area contributed by atoms with Crippen molar-refractivity contribution in [2.45, 2.75) is 32.6 Å². The Morgan fingerprint density at radius 2 is 1.96 bits per heavy atom. The van der Waals surface area contributed by atoms with E-state index >= 15 is 0 Å². The molecule has 1 aromatic carbocycles. The van der Waals surface area contributed by atoms with E-state index in [1.165, 1.54) is 11.3 Å². The Hall–Kier alpha value is -2.27. The highest BCUT2D eigenvalue weighted by Crippen LogP contribution is 2.32. The van der Waals surface area contributed by atoms with Crippen molar-refractivity contribution in [2.75, 3.05) is 0 Å². The van der Waals surface area contributed by atoms with Crippen molar-refractivity contribution in [3.63, 3.8) is 0 Å². The molecule has 5 heteroatoms. The molecule has 1 N–H and O–H groups in total. The Balaban J connectivity index is 1.94. The molecule has 0 fully saturated rings. The lowest BCUT2D eigenvalue weighted by Crippen LogP contribution is -2.05. The van der Waals surface area contributed by atoms with Gasteiger partial charge in [0, 0.05) is 22.4 Å². The van der Waals surface area contributed by atoms with Crippen LogP contribution in [0.3, 0.4) is 0 Å². The topological polar surface area (TPSA) is 71.4 Å². The fraction of sp³-hybridized carbons (Fsp3) is 0.278. The Morgan fingerprint density at radius 3 is 2.70 bits per heavy atom. The highest BCUT2D eigenvalue weighted by Gasteiger charge is 2.25. The molecule has 0 saturated heterocycles. The molecule has 23 heavy (non-hydrogen) atoms. The predicted octanol–water partition coefficient (Wildman–Crippen LogP) is 3.43. The minimum atomic E-state index is -0.989. The van der Waals surface area contributed by atoms with Crippen molar-refractivity contribution in [3.05, 3.63) is 56.3 Å². The molecule has 0 atom stereocenters. The maximum Gasteiger partial charge on any atom is 0.303 e. The van der Waals surface area contributed by atoms with Crippen LogP contribution in [-0.2, 0) is 17.6 Å². The molecule has 0 saturated carbocycles. The van der Waals surface area contributed by atoms with Gasteiger partial charge in [0.05, 0.1) is 11.3 Å². The fourth-order valence-corrected chi connectivity index (χ4v) is 4.04. The zero-order chi connectivity index (χ0) is 16.6. The zero-order valence-corrected chi connectivity index (χ0v) is 13.5. The van der Waals surface area contributed by atoms with Crippen molar-refractivity contribution in [3.8, 4) is 0 Å². The van der Waals surface area contributed by atoms with Crippen LogP contribution in [0.2, 0.25) is 0 Å². The van der Waals surface area contributed by atoms with Crippen LogP contribution in [0.1, 0.15) is 54.4 Å². The number of carboxylic acids is 1. The van der Waals surface area contributed by atoms with Crippen LogP contribution in [0.25, 0.3) is 0 Å². The molecule has 1 aliphatic rings. The van der Waals surface area contributed by atoms with E-state index in [0.29, 0.717) is 16.0 Å². The first-order chi connectivity index (χ1) is 11.0. The summed E-state index contributed by atoms with van der Waals surface area (Å²) in [5.41, 5.74) is 3.51. The molecule has 0 bridgehead atoms. The standard InChI is InChI=1S/C18H16O4S/c1-10-3-2-4-12-11(10)5-7-15-13(18(12)22)9-16(23-15)14(19)6-8-17(20)21/h2-4,9H,5-8H2,1H3,(H,20,21). The maximum atomic E-state index is 12.8. The molecule has 0 spiro atoms. The number of carboxylic acid groups (broad SMARTS) is 1. The summed E-state index contributed by atoms with van der Waals surface area (Å²) in [6, 6.07) is 7.36. The summed E-state index contributed by atoms with van der Waals surface area (Å²) in [5.74, 6) is -1.23. The van der Waals surface area contributed by atoms with Gasteiger partial charge in [-0.25, -0.2) is 0 Å². The summed E-state index contributed by atoms with van der Waals surface area (Å²) in [6.45, 7) is 2.01. The molecule has 0 amide bonds. The van der Waals surface area contributed by atoms with Crippen molar-refractivity contribution in [2.24, 2.45) is 0 Å². The summed E-state index contributed by atoms with van der Waals surface area (Å²) in [6.07, 6.45) is 1.30. The molecule has 2 aromatic rings. The number of Topliss-reactive ketones (excluding diaryl/α,β-unsaturated/α-hetero) is 1. The predicted molar refractivity (Wildman–Crippen MR) is 87.5 cm³/mol. The van der Waals surface area contributed by atoms with E-state index in [0.717, 1.165) is 28.8 Å². The number of hydrogen-bond donors (Lipinski definition) is 1. The number of thiophene rings is 1. The molecule has 3 rings (SSSR count). The van der Waals surface area contributed by atoms with Crippen LogP contribution in [0.4, 0.5) is 0 Å². The summed E-state index contributed by atoms with van der Waals surface area (Å²) >= 11 is 1.33. The minimum absolute atomic E-state index is 0.0292. The molecule has 1 heterocycles. The monoisotopic (exact) mass is 328 g/mol. The second kappa shape index (κ2) is 6.08. The first kappa shape index (κ1) is 15.6. The van der Waals surface area contributed by atoms with E-state index in [4.69, 9.17) is 5.11 Å². The lowest BCUT2D eigenvalue weighted by atomic mass is 9.96. The smallest absolute Gasteiger partial charge is 0.303 e. The molecule has 4 nitrogen and oxygen atoms in total. The number of ketones is 2. The lowest BCUT2D eigenvalue weighted by Gasteiger charge is -2.07. The van der Waals surface area contributed by atoms with Gasteiger partial charge in [0.2, 0.25) is 0 Å². The number of rotatable bonds is 4. The lowest BCUT2D eigenvalue weighted by molar-refractivity contribution is -0.136. The third kappa shape index (κ3) is 2.97. The van der Waals surface area contributed by atoms with E-state index in [1.807, 2.05) is 25.1 Å². The third-order valence-electron chi connectivity index (χ3n) is 4.15. The van der Waals surface area contributed by atoms with Gasteiger partial charge in [-0.3, -0.25) is 14.4 Å². The molecule has 118 valence electrons. The van der Waals surface area contributed by atoms with Crippen LogP contribution < -0.4 is 0 Å². The Morgan fingerprint density at radius 1 is 1.17 bits per heavy atom. The van der Waals surface area contributed by atoms with Gasteiger partial charge >= 0.3 is 5.97 Å². The quantitative estimate of drug-likeness (QED) is 0.873. The summed E-state index contributed by atoms with van der Waals surface area (Å²) < 4.78 is 0. The Bertz CT molecular complexity index is 816. The van der Waals surface area contributed by atoms with Gasteiger partial charge in [-0.05, 0) is 37.0 Å². The van der Waals surface area contributed by atoms with Crippen molar-refractivity contribution >= 4 is 28.9 Å². The van der Waals surface area contributed by atoms with Crippen molar-refractivity contribution in [1.29, 1.82) is 0 Å². The summed E-state index contributed by atoms with van der Waals surface area (Å²) in [5, 5.41) is 8.68. The average Bonchev–Trinajstić information content (AvgIpc) is 2.89. The maximum absolute atomic E-state index is 12.8.